The molecule has 3 aromatic carbocycles. The Kier molecular flexibility index (Phi) is 4.80. The van der Waals surface area contributed by atoms with Gasteiger partial charge in [0.2, 0.25) is 5.91 Å². The molecule has 0 spiro atoms. The number of benzene rings is 3. The number of nitro benzene ring substituents is 1. The van der Waals surface area contributed by atoms with Gasteiger partial charge in [-0.3, -0.25) is 14.9 Å². The van der Waals surface area contributed by atoms with Crippen LogP contribution in [0.5, 0.6) is 0 Å². The second-order valence-corrected chi connectivity index (χ2v) is 5.55. The van der Waals surface area contributed by atoms with Crippen LogP contribution in [0.4, 0.5) is 28.4 Å². The molecular weight excluding hydrogens is 332 g/mol. The van der Waals surface area contributed by atoms with Crippen LogP contribution in [0.1, 0.15) is 10.4 Å². The first-order chi connectivity index (χ1) is 12.5. The summed E-state index contributed by atoms with van der Waals surface area (Å²) in [6.07, 6.45) is 0. The van der Waals surface area contributed by atoms with E-state index in [1.807, 2.05) is 48.5 Å². The number of anilines is 4. The number of hydrogen-bond donors (Lipinski definition) is 3. The number of nitrogens with two attached hydrogens (primary N) is 1. The molecule has 0 aliphatic carbocycles. The standard InChI is InChI=1S/C19H16N4O3/c20-19(24)13-9-10-17(18(11-13)23(25)26)22-16-8-4-7-15(12-16)21-14-5-2-1-3-6-14/h1-12,21-22H,(H2,20,24). The molecule has 0 heterocycles. The van der Waals surface area contributed by atoms with E-state index in [4.69, 9.17) is 5.73 Å². The van der Waals surface area contributed by atoms with Gasteiger partial charge in [-0.1, -0.05) is 24.3 Å². The van der Waals surface area contributed by atoms with E-state index in [0.29, 0.717) is 5.69 Å². The van der Waals surface area contributed by atoms with Gasteiger partial charge in [-0.25, -0.2) is 0 Å². The number of rotatable bonds is 6. The summed E-state index contributed by atoms with van der Waals surface area (Å²) in [6.45, 7) is 0. The lowest BCUT2D eigenvalue weighted by atomic mass is 10.1. The lowest BCUT2D eigenvalue weighted by Crippen LogP contribution is -2.11. The summed E-state index contributed by atoms with van der Waals surface area (Å²) in [5, 5.41) is 17.6. The minimum Gasteiger partial charge on any atom is -0.366 e. The van der Waals surface area contributed by atoms with Crippen molar-refractivity contribution in [2.45, 2.75) is 0 Å². The Morgan fingerprint density at radius 2 is 1.50 bits per heavy atom. The molecule has 0 aliphatic rings. The smallest absolute Gasteiger partial charge is 0.293 e. The van der Waals surface area contributed by atoms with Gasteiger partial charge < -0.3 is 16.4 Å². The van der Waals surface area contributed by atoms with Crippen molar-refractivity contribution in [2.24, 2.45) is 5.73 Å². The normalized spacial score (nSPS) is 10.2. The number of hydrogen-bond acceptors (Lipinski definition) is 5. The molecule has 0 aromatic heterocycles. The first-order valence-corrected chi connectivity index (χ1v) is 7.80. The highest BCUT2D eigenvalue weighted by Gasteiger charge is 2.16. The zero-order valence-electron chi connectivity index (χ0n) is 13.7. The fraction of sp³-hybridized carbons (Fsp3) is 0. The van der Waals surface area contributed by atoms with Gasteiger partial charge in [0, 0.05) is 28.7 Å². The number of carbonyl (C=O) groups is 1. The van der Waals surface area contributed by atoms with Crippen LogP contribution in [-0.4, -0.2) is 10.8 Å². The molecule has 7 heteroatoms. The van der Waals surface area contributed by atoms with Gasteiger partial charge in [0.25, 0.3) is 5.69 Å². The maximum absolute atomic E-state index is 11.3. The predicted octanol–water partition coefficient (Wildman–Crippen LogP) is 4.18. The second-order valence-electron chi connectivity index (χ2n) is 5.55. The van der Waals surface area contributed by atoms with E-state index < -0.39 is 10.8 Å². The molecule has 0 aliphatic heterocycles. The molecule has 4 N–H and O–H groups in total. The van der Waals surface area contributed by atoms with E-state index in [9.17, 15) is 14.9 Å². The van der Waals surface area contributed by atoms with E-state index in [1.165, 1.54) is 12.1 Å². The molecule has 7 nitrogen and oxygen atoms in total. The highest BCUT2D eigenvalue weighted by Crippen LogP contribution is 2.30. The first-order valence-electron chi connectivity index (χ1n) is 7.80. The van der Waals surface area contributed by atoms with Crippen LogP contribution in [-0.2, 0) is 0 Å². The lowest BCUT2D eigenvalue weighted by Gasteiger charge is -2.11. The number of primary amides is 1. The largest absolute Gasteiger partial charge is 0.366 e. The van der Waals surface area contributed by atoms with Gasteiger partial charge in [-0.05, 0) is 42.5 Å². The Morgan fingerprint density at radius 3 is 2.15 bits per heavy atom. The number of nitrogens with one attached hydrogen (secondary N) is 2. The molecule has 26 heavy (non-hydrogen) atoms. The maximum Gasteiger partial charge on any atom is 0.293 e. The summed E-state index contributed by atoms with van der Waals surface area (Å²) in [5.74, 6) is -0.714. The third-order valence-corrected chi connectivity index (χ3v) is 3.68. The van der Waals surface area contributed by atoms with E-state index in [2.05, 4.69) is 10.6 Å². The fourth-order valence-corrected chi connectivity index (χ4v) is 2.46. The SMILES string of the molecule is NC(=O)c1ccc(Nc2cccc(Nc3ccccc3)c2)c([N+](=O)[O-])c1. The van der Waals surface area contributed by atoms with Crippen molar-refractivity contribution in [1.29, 1.82) is 0 Å². The number of nitro groups is 1. The summed E-state index contributed by atoms with van der Waals surface area (Å²) in [7, 11) is 0. The van der Waals surface area contributed by atoms with Gasteiger partial charge in [0.05, 0.1) is 4.92 Å². The van der Waals surface area contributed by atoms with Crippen molar-refractivity contribution < 1.29 is 9.72 Å². The maximum atomic E-state index is 11.3. The molecule has 0 unspecified atom stereocenters. The van der Waals surface area contributed by atoms with Crippen LogP contribution in [0, 0.1) is 10.1 Å². The monoisotopic (exact) mass is 348 g/mol. The Morgan fingerprint density at radius 1 is 0.846 bits per heavy atom. The Hall–Kier alpha value is -3.87. The summed E-state index contributed by atoms with van der Waals surface area (Å²) in [4.78, 5) is 22.0. The molecule has 3 aromatic rings. The van der Waals surface area contributed by atoms with Crippen molar-refractivity contribution >= 4 is 34.3 Å². The molecule has 130 valence electrons. The Bertz CT molecular complexity index is 958. The highest BCUT2D eigenvalue weighted by molar-refractivity contribution is 5.94. The molecular formula is C19H16N4O3. The second kappa shape index (κ2) is 7.35. The van der Waals surface area contributed by atoms with Crippen molar-refractivity contribution in [3.63, 3.8) is 0 Å². The molecule has 0 fully saturated rings. The molecule has 3 rings (SSSR count). The minimum absolute atomic E-state index is 0.0849. The zero-order chi connectivity index (χ0) is 18.5. The van der Waals surface area contributed by atoms with Crippen LogP contribution in [0.2, 0.25) is 0 Å². The number of nitrogens with zero attached hydrogens (tertiary/aromatic N) is 1. The van der Waals surface area contributed by atoms with E-state index in [0.717, 1.165) is 17.4 Å². The third kappa shape index (κ3) is 3.96. The van der Waals surface area contributed by atoms with Crippen molar-refractivity contribution in [2.75, 3.05) is 10.6 Å². The molecule has 0 atom stereocenters. The van der Waals surface area contributed by atoms with Crippen molar-refractivity contribution in [3.8, 4) is 0 Å². The summed E-state index contributed by atoms with van der Waals surface area (Å²) in [5.41, 5.74) is 7.76. The van der Waals surface area contributed by atoms with E-state index in [1.54, 1.807) is 6.07 Å². The summed E-state index contributed by atoms with van der Waals surface area (Å²) >= 11 is 0. The fourth-order valence-electron chi connectivity index (χ4n) is 2.46. The van der Waals surface area contributed by atoms with E-state index in [-0.39, 0.29) is 16.9 Å². The Balaban J connectivity index is 1.86. The minimum atomic E-state index is -0.714. The average Bonchev–Trinajstić information content (AvgIpc) is 2.63. The predicted molar refractivity (Wildman–Crippen MR) is 101 cm³/mol. The van der Waals surface area contributed by atoms with Gasteiger partial charge in [0.1, 0.15) is 5.69 Å². The van der Waals surface area contributed by atoms with Gasteiger partial charge in [0.15, 0.2) is 0 Å². The van der Waals surface area contributed by atoms with Crippen LogP contribution >= 0.6 is 0 Å². The molecule has 0 saturated heterocycles. The van der Waals surface area contributed by atoms with Crippen LogP contribution in [0.15, 0.2) is 72.8 Å². The number of para-hydroxylation sites is 1. The number of carbonyl (C=O) groups excluding carboxylic acids is 1. The van der Waals surface area contributed by atoms with Crippen LogP contribution in [0.3, 0.4) is 0 Å². The first kappa shape index (κ1) is 17.0. The van der Waals surface area contributed by atoms with Crippen LogP contribution in [0.25, 0.3) is 0 Å². The van der Waals surface area contributed by atoms with Gasteiger partial charge >= 0.3 is 0 Å². The summed E-state index contributed by atoms with van der Waals surface area (Å²) in [6, 6.07) is 21.1. The van der Waals surface area contributed by atoms with Crippen molar-refractivity contribution in [3.05, 3.63) is 88.5 Å². The topological polar surface area (TPSA) is 110 Å². The molecule has 0 bridgehead atoms. The number of amides is 1. The van der Waals surface area contributed by atoms with E-state index >= 15 is 0 Å². The lowest BCUT2D eigenvalue weighted by molar-refractivity contribution is -0.383. The van der Waals surface area contributed by atoms with Gasteiger partial charge in [-0.15, -0.1) is 0 Å². The molecule has 1 amide bonds. The Labute approximate surface area is 149 Å². The van der Waals surface area contributed by atoms with Crippen LogP contribution < -0.4 is 16.4 Å². The average molecular weight is 348 g/mol. The molecule has 0 radical (unpaired) electrons. The third-order valence-electron chi connectivity index (χ3n) is 3.68. The summed E-state index contributed by atoms with van der Waals surface area (Å²) < 4.78 is 0. The highest BCUT2D eigenvalue weighted by atomic mass is 16.6. The molecule has 0 saturated carbocycles. The van der Waals surface area contributed by atoms with Gasteiger partial charge in [-0.2, -0.15) is 0 Å². The quantitative estimate of drug-likeness (QED) is 0.457. The zero-order valence-corrected chi connectivity index (χ0v) is 13.7. The van der Waals surface area contributed by atoms with Crippen molar-refractivity contribution in [1.82, 2.24) is 0 Å².